The van der Waals surface area contributed by atoms with E-state index in [4.69, 9.17) is 21.1 Å². The molecular weight excluding hydrogens is 330 g/mol. The minimum Gasteiger partial charge on any atom is -0.495 e. The number of esters is 1. The van der Waals surface area contributed by atoms with Crippen LogP contribution in [0.3, 0.4) is 0 Å². The Morgan fingerprint density at radius 3 is 2.58 bits per heavy atom. The largest absolute Gasteiger partial charge is 0.495 e. The predicted molar refractivity (Wildman–Crippen MR) is 92.8 cm³/mol. The number of halogens is 1. The quantitative estimate of drug-likeness (QED) is 0.836. The van der Waals surface area contributed by atoms with Crippen LogP contribution in [0.2, 0.25) is 5.02 Å². The molecule has 24 heavy (non-hydrogen) atoms. The van der Waals surface area contributed by atoms with E-state index in [1.165, 1.54) is 7.11 Å². The highest BCUT2D eigenvalue weighted by molar-refractivity contribution is 6.31. The van der Waals surface area contributed by atoms with Crippen molar-refractivity contribution in [2.24, 2.45) is 0 Å². The Morgan fingerprint density at radius 2 is 1.92 bits per heavy atom. The van der Waals surface area contributed by atoms with Gasteiger partial charge in [0.2, 0.25) is 0 Å². The van der Waals surface area contributed by atoms with E-state index in [-0.39, 0.29) is 0 Å². The number of carbonyl (C=O) groups is 2. The highest BCUT2D eigenvalue weighted by Crippen LogP contribution is 2.30. The maximum atomic E-state index is 12.0. The number of nitrogens with one attached hydrogen (secondary N) is 1. The van der Waals surface area contributed by atoms with Gasteiger partial charge in [-0.15, -0.1) is 0 Å². The lowest BCUT2D eigenvalue weighted by Gasteiger charge is -2.12. The molecule has 0 unspecified atom stereocenters. The van der Waals surface area contributed by atoms with Gasteiger partial charge in [-0.05, 0) is 37.6 Å². The van der Waals surface area contributed by atoms with E-state index < -0.39 is 18.5 Å². The Morgan fingerprint density at radius 1 is 1.17 bits per heavy atom. The van der Waals surface area contributed by atoms with Gasteiger partial charge in [0.25, 0.3) is 5.91 Å². The SMILES string of the molecule is COc1cc(Cl)c(C)cc1NC(=O)COC(=O)c1cccc(C)c1. The summed E-state index contributed by atoms with van der Waals surface area (Å²) < 4.78 is 10.2. The molecule has 0 atom stereocenters. The van der Waals surface area contributed by atoms with Crippen molar-refractivity contribution in [1.82, 2.24) is 0 Å². The highest BCUT2D eigenvalue weighted by Gasteiger charge is 2.13. The number of rotatable bonds is 5. The van der Waals surface area contributed by atoms with Crippen LogP contribution < -0.4 is 10.1 Å². The summed E-state index contributed by atoms with van der Waals surface area (Å²) in [7, 11) is 1.48. The Labute approximate surface area is 145 Å². The van der Waals surface area contributed by atoms with E-state index in [1.54, 1.807) is 30.3 Å². The van der Waals surface area contributed by atoms with Crippen LogP contribution >= 0.6 is 11.6 Å². The van der Waals surface area contributed by atoms with E-state index in [0.29, 0.717) is 22.0 Å². The lowest BCUT2D eigenvalue weighted by atomic mass is 10.1. The molecule has 0 bridgehead atoms. The minimum absolute atomic E-state index is 0.391. The summed E-state index contributed by atoms with van der Waals surface area (Å²) >= 11 is 6.02. The smallest absolute Gasteiger partial charge is 0.338 e. The lowest BCUT2D eigenvalue weighted by molar-refractivity contribution is -0.119. The van der Waals surface area contributed by atoms with Gasteiger partial charge in [0.05, 0.1) is 18.4 Å². The third kappa shape index (κ3) is 4.49. The number of methoxy groups -OCH3 is 1. The molecule has 2 aromatic rings. The van der Waals surface area contributed by atoms with Crippen molar-refractivity contribution in [3.63, 3.8) is 0 Å². The zero-order valence-electron chi connectivity index (χ0n) is 13.7. The number of ether oxygens (including phenoxy) is 2. The molecular formula is C18H18ClNO4. The van der Waals surface area contributed by atoms with Gasteiger partial charge in [0.15, 0.2) is 6.61 Å². The number of hydrogen-bond donors (Lipinski definition) is 1. The normalized spacial score (nSPS) is 10.2. The monoisotopic (exact) mass is 347 g/mol. The predicted octanol–water partition coefficient (Wildman–Crippen LogP) is 3.76. The van der Waals surface area contributed by atoms with Crippen molar-refractivity contribution in [3.05, 3.63) is 58.1 Å². The van der Waals surface area contributed by atoms with Crippen LogP contribution in [0.5, 0.6) is 5.75 Å². The zero-order valence-corrected chi connectivity index (χ0v) is 14.4. The molecule has 0 spiro atoms. The molecule has 0 heterocycles. The minimum atomic E-state index is -0.548. The second kappa shape index (κ2) is 7.84. The third-order valence-electron chi connectivity index (χ3n) is 3.34. The molecule has 2 rings (SSSR count). The first-order valence-corrected chi connectivity index (χ1v) is 7.66. The lowest BCUT2D eigenvalue weighted by Crippen LogP contribution is -2.21. The third-order valence-corrected chi connectivity index (χ3v) is 3.75. The number of aryl methyl sites for hydroxylation is 2. The van der Waals surface area contributed by atoms with Crippen LogP contribution in [-0.2, 0) is 9.53 Å². The van der Waals surface area contributed by atoms with Crippen molar-refractivity contribution < 1.29 is 19.1 Å². The van der Waals surface area contributed by atoms with Crippen LogP contribution in [0.4, 0.5) is 5.69 Å². The second-order valence-electron chi connectivity index (χ2n) is 5.30. The van der Waals surface area contributed by atoms with Crippen LogP contribution in [0, 0.1) is 13.8 Å². The topological polar surface area (TPSA) is 64.6 Å². The maximum Gasteiger partial charge on any atom is 0.338 e. The molecule has 2 aromatic carbocycles. The van der Waals surface area contributed by atoms with E-state index in [9.17, 15) is 9.59 Å². The summed E-state index contributed by atoms with van der Waals surface area (Å²) in [6.07, 6.45) is 0. The molecule has 0 radical (unpaired) electrons. The summed E-state index contributed by atoms with van der Waals surface area (Å²) in [5, 5.41) is 3.19. The Balaban J connectivity index is 1.99. The molecule has 0 aliphatic rings. The fourth-order valence-corrected chi connectivity index (χ4v) is 2.26. The van der Waals surface area contributed by atoms with Crippen LogP contribution in [-0.4, -0.2) is 25.6 Å². The summed E-state index contributed by atoms with van der Waals surface area (Å²) in [6, 6.07) is 10.3. The average Bonchev–Trinajstić information content (AvgIpc) is 2.55. The van der Waals surface area contributed by atoms with Gasteiger partial charge in [-0.1, -0.05) is 29.3 Å². The van der Waals surface area contributed by atoms with E-state index >= 15 is 0 Å². The maximum absolute atomic E-state index is 12.0. The highest BCUT2D eigenvalue weighted by atomic mass is 35.5. The first-order chi connectivity index (χ1) is 11.4. The van der Waals surface area contributed by atoms with Gasteiger partial charge in [-0.3, -0.25) is 4.79 Å². The number of carbonyl (C=O) groups excluding carboxylic acids is 2. The molecule has 6 heteroatoms. The molecule has 0 aliphatic carbocycles. The van der Waals surface area contributed by atoms with Gasteiger partial charge >= 0.3 is 5.97 Å². The second-order valence-corrected chi connectivity index (χ2v) is 5.70. The van der Waals surface area contributed by atoms with Gasteiger partial charge in [-0.25, -0.2) is 4.79 Å². The zero-order chi connectivity index (χ0) is 17.7. The van der Waals surface area contributed by atoms with Crippen LogP contribution in [0.25, 0.3) is 0 Å². The van der Waals surface area contributed by atoms with Crippen molar-refractivity contribution in [1.29, 1.82) is 0 Å². The Hall–Kier alpha value is -2.53. The summed E-state index contributed by atoms with van der Waals surface area (Å²) in [4.78, 5) is 23.9. The van der Waals surface area contributed by atoms with E-state index in [2.05, 4.69) is 5.32 Å². The number of amides is 1. The van der Waals surface area contributed by atoms with Crippen LogP contribution in [0.1, 0.15) is 21.5 Å². The van der Waals surface area contributed by atoms with Crippen molar-refractivity contribution in [2.45, 2.75) is 13.8 Å². The van der Waals surface area contributed by atoms with Gasteiger partial charge in [0, 0.05) is 11.1 Å². The standard InChI is InChI=1S/C18H18ClNO4/c1-11-5-4-6-13(7-11)18(22)24-10-17(21)20-15-8-12(2)14(19)9-16(15)23-3/h4-9H,10H2,1-3H3,(H,20,21). The summed E-state index contributed by atoms with van der Waals surface area (Å²) in [5.41, 5.74) is 2.61. The Kier molecular flexibility index (Phi) is 5.82. The first-order valence-electron chi connectivity index (χ1n) is 7.28. The van der Waals surface area contributed by atoms with Crippen LogP contribution in [0.15, 0.2) is 36.4 Å². The summed E-state index contributed by atoms with van der Waals surface area (Å²) in [6.45, 7) is 3.30. The van der Waals surface area contributed by atoms with Gasteiger partial charge in [0.1, 0.15) is 5.75 Å². The molecule has 1 N–H and O–H groups in total. The fraction of sp³-hybridized carbons (Fsp3) is 0.222. The first kappa shape index (κ1) is 17.8. The van der Waals surface area contributed by atoms with Crippen molar-refractivity contribution in [3.8, 4) is 5.75 Å². The molecule has 126 valence electrons. The van der Waals surface area contributed by atoms with Gasteiger partial charge < -0.3 is 14.8 Å². The van der Waals surface area contributed by atoms with Crippen molar-refractivity contribution >= 4 is 29.2 Å². The van der Waals surface area contributed by atoms with Crippen molar-refractivity contribution in [2.75, 3.05) is 19.0 Å². The van der Waals surface area contributed by atoms with E-state index in [1.807, 2.05) is 19.9 Å². The molecule has 0 fully saturated rings. The molecule has 0 saturated heterocycles. The summed E-state index contributed by atoms with van der Waals surface area (Å²) in [5.74, 6) is -0.576. The molecule has 0 aliphatic heterocycles. The molecule has 1 amide bonds. The van der Waals surface area contributed by atoms with E-state index in [0.717, 1.165) is 11.1 Å². The number of hydrogen-bond acceptors (Lipinski definition) is 4. The number of anilines is 1. The molecule has 5 nitrogen and oxygen atoms in total. The number of benzene rings is 2. The van der Waals surface area contributed by atoms with Gasteiger partial charge in [-0.2, -0.15) is 0 Å². The Bertz CT molecular complexity index is 774. The molecule has 0 aromatic heterocycles. The average molecular weight is 348 g/mol. The fourth-order valence-electron chi connectivity index (χ4n) is 2.10. The molecule has 0 saturated carbocycles.